The number of halogens is 2. The van der Waals surface area contributed by atoms with Crippen molar-refractivity contribution in [2.75, 3.05) is 0 Å². The Morgan fingerprint density at radius 3 is 1.11 bits per heavy atom. The number of nitrogens with one attached hydrogen (secondary N) is 6. The number of aromatic nitrogens is 6. The quantitative estimate of drug-likeness (QED) is 0.131. The molecular weight excluding hydrogens is 795 g/mol. The van der Waals surface area contributed by atoms with Crippen LogP contribution >= 0.6 is 23.2 Å². The van der Waals surface area contributed by atoms with Crippen molar-refractivity contribution >= 4 is 46.0 Å². The van der Waals surface area contributed by atoms with E-state index in [1.54, 1.807) is 19.9 Å². The van der Waals surface area contributed by atoms with Gasteiger partial charge in [-0.05, 0) is 36.0 Å². The molecule has 4 aromatic heterocycles. The maximum absolute atomic E-state index is 11.7. The Morgan fingerprint density at radius 1 is 0.500 bits per heavy atom. The van der Waals surface area contributed by atoms with Gasteiger partial charge >= 0.3 is 11.4 Å². The highest BCUT2D eigenvalue weighted by molar-refractivity contribution is 6.33. The number of aromatic amines is 6. The van der Waals surface area contributed by atoms with Gasteiger partial charge in [-0.15, -0.1) is 0 Å². The molecule has 0 atom stereocenters. The summed E-state index contributed by atoms with van der Waals surface area (Å²) >= 11 is 11.3. The highest BCUT2D eigenvalue weighted by Crippen LogP contribution is 2.39. The van der Waals surface area contributed by atoms with Gasteiger partial charge in [0.25, 0.3) is 45.3 Å². The van der Waals surface area contributed by atoms with Crippen LogP contribution in [0.3, 0.4) is 0 Å². The molecule has 2 aromatic carbocycles. The van der Waals surface area contributed by atoms with E-state index in [1.165, 1.54) is 0 Å². The van der Waals surface area contributed by atoms with E-state index in [-0.39, 0.29) is 0 Å². The molecule has 24 nitrogen and oxygen atoms in total. The van der Waals surface area contributed by atoms with Crippen LogP contribution in [-0.4, -0.2) is 39.6 Å². The minimum absolute atomic E-state index is 0.504. The Hall–Kier alpha value is -8.12. The van der Waals surface area contributed by atoms with Crippen molar-refractivity contribution in [1.29, 1.82) is 0 Å². The molecule has 0 unspecified atom stereocenters. The molecule has 6 N–H and O–H groups in total. The second kappa shape index (κ2) is 17.1. The monoisotopic (exact) mass is 812 g/mol. The minimum atomic E-state index is -1.18. The van der Waals surface area contributed by atoms with Crippen LogP contribution in [0.2, 0.25) is 10.0 Å². The van der Waals surface area contributed by atoms with Gasteiger partial charge in [0.1, 0.15) is 10.0 Å². The Kier molecular flexibility index (Phi) is 12.4. The first kappa shape index (κ1) is 40.6. The average Bonchev–Trinajstić information content (AvgIpc) is 3.11. The molecule has 0 radical (unpaired) electrons. The first-order valence-electron chi connectivity index (χ1n) is 14.7. The molecule has 0 spiro atoms. The van der Waals surface area contributed by atoms with E-state index < -0.39 is 109 Å². The molecule has 0 saturated carbocycles. The Labute approximate surface area is 315 Å². The molecule has 0 fully saturated rings. The van der Waals surface area contributed by atoms with Gasteiger partial charge in [0.2, 0.25) is 0 Å². The molecule has 0 aliphatic rings. The highest BCUT2D eigenvalue weighted by atomic mass is 35.5. The van der Waals surface area contributed by atoms with Crippen LogP contribution < -0.4 is 42.7 Å². The van der Waals surface area contributed by atoms with Crippen molar-refractivity contribution < 1.29 is 39.9 Å². The molecule has 6 aromatic rings. The molecule has 0 aliphatic heterocycles. The maximum Gasteiger partial charge on any atom is 0.325 e. The molecule has 0 bridgehead atoms. The fourth-order valence-electron chi connectivity index (χ4n) is 4.63. The van der Waals surface area contributed by atoms with Gasteiger partial charge in [0.15, 0.2) is 12.4 Å². The summed E-state index contributed by atoms with van der Waals surface area (Å²) in [5, 5.41) is 65.9. The van der Waals surface area contributed by atoms with Crippen molar-refractivity contribution in [2.24, 2.45) is 0 Å². The number of H-pyrrole nitrogens is 6. The first-order valence-corrected chi connectivity index (χ1v) is 15.4. The zero-order chi connectivity index (χ0) is 41.4. The molecule has 26 heteroatoms. The van der Waals surface area contributed by atoms with E-state index in [2.05, 4.69) is 9.97 Å². The summed E-state index contributed by atoms with van der Waals surface area (Å²) in [4.78, 5) is 98.2. The van der Waals surface area contributed by atoms with E-state index in [9.17, 15) is 69.8 Å². The summed E-state index contributed by atoms with van der Waals surface area (Å²) in [6.07, 6.45) is 3.83. The first-order chi connectivity index (χ1) is 26.4. The average molecular weight is 813 g/mol. The predicted octanol–water partition coefficient (Wildman–Crippen LogP) is 1.53. The maximum atomic E-state index is 11.7. The molecule has 0 saturated heterocycles. The summed E-state index contributed by atoms with van der Waals surface area (Å²) in [6, 6.07) is 14.6. The molecule has 56 heavy (non-hydrogen) atoms. The lowest BCUT2D eigenvalue weighted by Gasteiger charge is -2.11. The van der Waals surface area contributed by atoms with Crippen LogP contribution in [0.1, 0.15) is 0 Å². The lowest BCUT2D eigenvalue weighted by atomic mass is 10.1. The van der Waals surface area contributed by atoms with E-state index in [1.807, 2.05) is 48.8 Å². The van der Waals surface area contributed by atoms with Gasteiger partial charge in [-0.1, -0.05) is 23.2 Å². The fourth-order valence-corrected chi connectivity index (χ4v) is 5.09. The van der Waals surface area contributed by atoms with Gasteiger partial charge in [-0.3, -0.25) is 60.0 Å². The number of nitro groups is 4. The van der Waals surface area contributed by atoms with Crippen LogP contribution in [0.15, 0.2) is 92.2 Å². The van der Waals surface area contributed by atoms with Crippen molar-refractivity contribution in [3.63, 3.8) is 0 Å². The van der Waals surface area contributed by atoms with Crippen LogP contribution in [0.5, 0.6) is 11.8 Å². The summed E-state index contributed by atoms with van der Waals surface area (Å²) in [5.41, 5.74) is -8.17. The van der Waals surface area contributed by atoms with E-state index in [0.29, 0.717) is 12.1 Å². The second-order valence-electron chi connectivity index (χ2n) is 10.4. The minimum Gasteiger partial charge on any atom is -0.860 e. The fraction of sp³-hybridized carbons (Fsp3) is 0. The van der Waals surface area contributed by atoms with Crippen LogP contribution in [-0.2, 0) is 0 Å². The van der Waals surface area contributed by atoms with Gasteiger partial charge < -0.3 is 20.2 Å². The van der Waals surface area contributed by atoms with E-state index >= 15 is 0 Å². The molecular formula is C30H18Cl2N10O14. The summed E-state index contributed by atoms with van der Waals surface area (Å²) in [6.45, 7) is 0. The predicted molar refractivity (Wildman–Crippen MR) is 187 cm³/mol. The third-order valence-electron chi connectivity index (χ3n) is 6.98. The van der Waals surface area contributed by atoms with Crippen molar-refractivity contribution in [3.05, 3.63) is 165 Å². The second-order valence-corrected chi connectivity index (χ2v) is 11.3. The van der Waals surface area contributed by atoms with E-state index in [0.717, 1.165) is 23.5 Å². The molecule has 0 aliphatic carbocycles. The zero-order valence-corrected chi connectivity index (χ0v) is 28.7. The summed E-state index contributed by atoms with van der Waals surface area (Å²) in [5.74, 6) is -2.36. The van der Waals surface area contributed by atoms with Gasteiger partial charge in [0, 0.05) is 24.3 Å². The van der Waals surface area contributed by atoms with Crippen LogP contribution in [0.25, 0.3) is 33.6 Å². The summed E-state index contributed by atoms with van der Waals surface area (Å²) in [7, 11) is 0. The number of nitro benzene ring substituents is 4. The number of hydrogen-bond acceptors (Lipinski definition) is 14. The van der Waals surface area contributed by atoms with Crippen LogP contribution in [0, 0.1) is 40.5 Å². The van der Waals surface area contributed by atoms with Crippen molar-refractivity contribution in [3.8, 4) is 45.4 Å². The number of pyridine rings is 2. The highest BCUT2D eigenvalue weighted by Gasteiger charge is 2.28. The third kappa shape index (κ3) is 9.26. The number of nitrogens with zero attached hydrogens (tertiary/aromatic N) is 4. The number of hydrogen-bond donors (Lipinski definition) is 4. The number of benzene rings is 2. The van der Waals surface area contributed by atoms with E-state index in [4.69, 9.17) is 23.2 Å². The Bertz CT molecular complexity index is 2570. The molecule has 6 rings (SSSR count). The SMILES string of the molecule is O=c1[nH]c([O-])c(-c2cc(Cl)c([N+](=O)[O-])cc2[N+](=O)[O-])c(=O)[nH]1.O=c1[nH]c([O-])c(-c2cc(Cl)c([N+](=O)[O-])cc2[N+](=O)[O-])c(=O)[nH]1.c1ccc(-c2cccc[nH+]2)[nH+]c1. The standard InChI is InChI=1S/2C10H5ClN4O7.C10H8N2/c2*11-4-1-3(5(14(19)20)2-6(4)15(21)22)7-8(16)12-10(18)13-9(7)17;1-3-7-11-9(5-1)10-6-2-4-8-12-10/h2*1-2H,(H3,12,13,16,17,18);1-8H. The third-order valence-corrected chi connectivity index (χ3v) is 7.59. The molecule has 286 valence electrons. The van der Waals surface area contributed by atoms with Gasteiger partial charge in [0.05, 0.1) is 54.1 Å². The van der Waals surface area contributed by atoms with Gasteiger partial charge in [-0.25, -0.2) is 19.6 Å². The van der Waals surface area contributed by atoms with Crippen molar-refractivity contribution in [1.82, 2.24) is 19.9 Å². The largest absolute Gasteiger partial charge is 0.860 e. The molecule has 0 amide bonds. The summed E-state index contributed by atoms with van der Waals surface area (Å²) < 4.78 is 0. The molecule has 4 heterocycles. The number of rotatable bonds is 7. The Morgan fingerprint density at radius 2 is 0.839 bits per heavy atom. The Balaban J connectivity index is 0.000000195. The topological polar surface area (TPSA) is 378 Å². The lowest BCUT2D eigenvalue weighted by molar-refractivity contribution is -0.402. The lowest BCUT2D eigenvalue weighted by Crippen LogP contribution is -2.26. The van der Waals surface area contributed by atoms with Crippen LogP contribution in [0.4, 0.5) is 22.7 Å². The normalized spacial score (nSPS) is 10.2. The van der Waals surface area contributed by atoms with Gasteiger partial charge in [-0.2, -0.15) is 0 Å². The smallest absolute Gasteiger partial charge is 0.325 e. The van der Waals surface area contributed by atoms with Crippen molar-refractivity contribution in [2.45, 2.75) is 0 Å². The zero-order valence-electron chi connectivity index (χ0n) is 27.2.